The highest BCUT2D eigenvalue weighted by molar-refractivity contribution is 5.94. The molecule has 1 aliphatic rings. The van der Waals surface area contributed by atoms with Crippen LogP contribution >= 0.6 is 0 Å². The summed E-state index contributed by atoms with van der Waals surface area (Å²) in [5.74, 6) is 0.210. The summed E-state index contributed by atoms with van der Waals surface area (Å²) in [5.41, 5.74) is 1.83. The van der Waals surface area contributed by atoms with Crippen LogP contribution in [0.15, 0.2) is 18.2 Å². The van der Waals surface area contributed by atoms with E-state index in [0.717, 1.165) is 17.7 Å². The zero-order valence-electron chi connectivity index (χ0n) is 9.08. The molecule has 0 fully saturated rings. The molecule has 0 saturated carbocycles. The summed E-state index contributed by atoms with van der Waals surface area (Å²) in [6, 6.07) is 5.33. The number of carbonyl (C=O) groups is 2. The quantitative estimate of drug-likeness (QED) is 0.610. The van der Waals surface area contributed by atoms with Gasteiger partial charge in [-0.15, -0.1) is 0 Å². The van der Waals surface area contributed by atoms with Gasteiger partial charge in [-0.25, -0.2) is 0 Å². The summed E-state index contributed by atoms with van der Waals surface area (Å²) in [4.78, 5) is 22.3. The molecule has 1 aromatic carbocycles. The zero-order valence-corrected chi connectivity index (χ0v) is 9.08. The number of rotatable bonds is 2. The van der Waals surface area contributed by atoms with Crippen molar-refractivity contribution in [2.24, 2.45) is 0 Å². The van der Waals surface area contributed by atoms with E-state index in [0.29, 0.717) is 18.6 Å². The monoisotopic (exact) mass is 219 g/mol. The molecule has 0 atom stereocenters. The van der Waals surface area contributed by atoms with Gasteiger partial charge < -0.3 is 10.1 Å². The van der Waals surface area contributed by atoms with E-state index in [2.05, 4.69) is 5.32 Å². The van der Waals surface area contributed by atoms with Gasteiger partial charge in [-0.1, -0.05) is 13.0 Å². The van der Waals surface area contributed by atoms with Gasteiger partial charge in [0.15, 0.2) is 0 Å². The molecule has 0 aromatic heterocycles. The average Bonchev–Trinajstić information content (AvgIpc) is 2.28. The zero-order chi connectivity index (χ0) is 11.5. The third kappa shape index (κ3) is 2.21. The molecule has 0 radical (unpaired) electrons. The Kier molecular flexibility index (Phi) is 2.90. The molecule has 4 heteroatoms. The van der Waals surface area contributed by atoms with Crippen LogP contribution in [-0.2, 0) is 16.0 Å². The highest BCUT2D eigenvalue weighted by Crippen LogP contribution is 2.27. The smallest absolute Gasteiger partial charge is 0.310 e. The number of hydrogen-bond acceptors (Lipinski definition) is 3. The fourth-order valence-corrected chi connectivity index (χ4v) is 1.62. The summed E-state index contributed by atoms with van der Waals surface area (Å²) in [6.45, 7) is 1.74. The molecule has 84 valence electrons. The first-order valence-corrected chi connectivity index (χ1v) is 5.32. The molecule has 0 spiro atoms. The van der Waals surface area contributed by atoms with Crippen LogP contribution in [0.1, 0.15) is 25.3 Å². The number of nitrogens with one attached hydrogen (secondary N) is 1. The second kappa shape index (κ2) is 4.35. The Morgan fingerprint density at radius 2 is 2.25 bits per heavy atom. The lowest BCUT2D eigenvalue weighted by atomic mass is 10.0. The van der Waals surface area contributed by atoms with Crippen molar-refractivity contribution >= 4 is 17.6 Å². The van der Waals surface area contributed by atoms with Crippen LogP contribution in [0, 0.1) is 0 Å². The number of hydrogen-bond donors (Lipinski definition) is 1. The Balaban J connectivity index is 2.21. The van der Waals surface area contributed by atoms with Crippen molar-refractivity contribution in [3.8, 4) is 5.75 Å². The lowest BCUT2D eigenvalue weighted by molar-refractivity contribution is -0.134. The van der Waals surface area contributed by atoms with Crippen molar-refractivity contribution in [1.29, 1.82) is 0 Å². The molecule has 16 heavy (non-hydrogen) atoms. The van der Waals surface area contributed by atoms with E-state index in [1.165, 1.54) is 0 Å². The number of esters is 1. The van der Waals surface area contributed by atoms with E-state index < -0.39 is 0 Å². The summed E-state index contributed by atoms with van der Waals surface area (Å²) in [5, 5.41) is 2.76. The number of benzene rings is 1. The highest BCUT2D eigenvalue weighted by Gasteiger charge is 2.15. The summed E-state index contributed by atoms with van der Waals surface area (Å²) in [7, 11) is 0. The van der Waals surface area contributed by atoms with E-state index >= 15 is 0 Å². The number of aryl methyl sites for hydroxylation is 1. The Bertz CT molecular complexity index is 440. The highest BCUT2D eigenvalue weighted by atomic mass is 16.5. The minimum absolute atomic E-state index is 0.00599. The predicted molar refractivity (Wildman–Crippen MR) is 59.3 cm³/mol. The van der Waals surface area contributed by atoms with Gasteiger partial charge in [0.05, 0.1) is 0 Å². The topological polar surface area (TPSA) is 55.4 Å². The molecular weight excluding hydrogens is 206 g/mol. The van der Waals surface area contributed by atoms with Crippen molar-refractivity contribution < 1.29 is 14.3 Å². The fraction of sp³-hybridized carbons (Fsp3) is 0.333. The number of carbonyl (C=O) groups excluding carboxylic acids is 2. The normalized spacial score (nSPS) is 13.9. The van der Waals surface area contributed by atoms with Crippen molar-refractivity contribution in [2.45, 2.75) is 26.2 Å². The third-order valence-electron chi connectivity index (χ3n) is 2.50. The van der Waals surface area contributed by atoms with Gasteiger partial charge in [-0.3, -0.25) is 9.59 Å². The standard InChI is InChI=1S/C12H13NO3/c1-2-12(15)16-9-5-3-8-4-6-11(14)13-10(8)7-9/h3,5,7H,2,4,6H2,1H3,(H,13,14). The number of amides is 1. The Morgan fingerprint density at radius 1 is 1.44 bits per heavy atom. The maximum Gasteiger partial charge on any atom is 0.310 e. The maximum atomic E-state index is 11.2. The molecular formula is C12H13NO3. The van der Waals surface area contributed by atoms with Crippen LogP contribution in [0.4, 0.5) is 5.69 Å². The van der Waals surface area contributed by atoms with Crippen LogP contribution in [0.25, 0.3) is 0 Å². The minimum Gasteiger partial charge on any atom is -0.426 e. The third-order valence-corrected chi connectivity index (χ3v) is 2.50. The van der Waals surface area contributed by atoms with E-state index in [-0.39, 0.29) is 11.9 Å². The van der Waals surface area contributed by atoms with Crippen LogP contribution in [0.3, 0.4) is 0 Å². The molecule has 1 amide bonds. The van der Waals surface area contributed by atoms with Crippen molar-refractivity contribution in [3.63, 3.8) is 0 Å². The SMILES string of the molecule is CCC(=O)Oc1ccc2c(c1)NC(=O)CC2. The van der Waals surface area contributed by atoms with Crippen LogP contribution in [0.2, 0.25) is 0 Å². The fourth-order valence-electron chi connectivity index (χ4n) is 1.62. The Morgan fingerprint density at radius 3 is 3.00 bits per heavy atom. The van der Waals surface area contributed by atoms with Crippen molar-refractivity contribution in [2.75, 3.05) is 5.32 Å². The van der Waals surface area contributed by atoms with Crippen LogP contribution in [0.5, 0.6) is 5.75 Å². The van der Waals surface area contributed by atoms with E-state index in [9.17, 15) is 9.59 Å². The molecule has 1 aliphatic heterocycles. The minimum atomic E-state index is -0.276. The van der Waals surface area contributed by atoms with Gasteiger partial charge in [0.2, 0.25) is 5.91 Å². The first-order chi connectivity index (χ1) is 7.69. The van der Waals surface area contributed by atoms with Crippen LogP contribution in [-0.4, -0.2) is 11.9 Å². The van der Waals surface area contributed by atoms with Gasteiger partial charge in [-0.05, 0) is 18.1 Å². The van der Waals surface area contributed by atoms with E-state index in [4.69, 9.17) is 4.74 Å². The number of fused-ring (bicyclic) bond motifs is 1. The molecule has 2 rings (SSSR count). The van der Waals surface area contributed by atoms with Gasteiger partial charge >= 0.3 is 5.97 Å². The first-order valence-electron chi connectivity index (χ1n) is 5.32. The van der Waals surface area contributed by atoms with Gasteiger partial charge in [-0.2, -0.15) is 0 Å². The Hall–Kier alpha value is -1.84. The number of ether oxygens (including phenoxy) is 1. The molecule has 1 N–H and O–H groups in total. The van der Waals surface area contributed by atoms with Crippen molar-refractivity contribution in [3.05, 3.63) is 23.8 Å². The van der Waals surface area contributed by atoms with Crippen LogP contribution < -0.4 is 10.1 Å². The lowest BCUT2D eigenvalue weighted by Gasteiger charge is -2.17. The second-order valence-electron chi connectivity index (χ2n) is 3.69. The summed E-state index contributed by atoms with van der Waals surface area (Å²) < 4.78 is 5.07. The van der Waals surface area contributed by atoms with E-state index in [1.807, 2.05) is 6.07 Å². The van der Waals surface area contributed by atoms with Gasteiger partial charge in [0.25, 0.3) is 0 Å². The molecule has 1 aromatic rings. The van der Waals surface area contributed by atoms with Crippen molar-refractivity contribution in [1.82, 2.24) is 0 Å². The predicted octanol–water partition coefficient (Wildman–Crippen LogP) is 1.89. The van der Waals surface area contributed by atoms with Gasteiger partial charge in [0.1, 0.15) is 5.75 Å². The van der Waals surface area contributed by atoms with E-state index in [1.54, 1.807) is 19.1 Å². The molecule has 0 unspecified atom stereocenters. The Labute approximate surface area is 93.6 Å². The first kappa shape index (κ1) is 10.7. The molecule has 4 nitrogen and oxygen atoms in total. The molecule has 0 saturated heterocycles. The summed E-state index contributed by atoms with van der Waals surface area (Å²) in [6.07, 6.45) is 1.59. The molecule has 0 bridgehead atoms. The maximum absolute atomic E-state index is 11.2. The lowest BCUT2D eigenvalue weighted by Crippen LogP contribution is -2.19. The average molecular weight is 219 g/mol. The molecule has 1 heterocycles. The molecule has 0 aliphatic carbocycles. The largest absolute Gasteiger partial charge is 0.426 e. The summed E-state index contributed by atoms with van der Waals surface area (Å²) >= 11 is 0. The number of anilines is 1. The second-order valence-corrected chi connectivity index (χ2v) is 3.69. The van der Waals surface area contributed by atoms with Gasteiger partial charge in [0, 0.05) is 24.6 Å².